The fourth-order valence-corrected chi connectivity index (χ4v) is 7.74. The summed E-state index contributed by atoms with van der Waals surface area (Å²) in [4.78, 5) is 12.3. The summed E-state index contributed by atoms with van der Waals surface area (Å²) in [6.45, 7) is 12.9. The summed E-state index contributed by atoms with van der Waals surface area (Å²) in [6.07, 6.45) is -2.83. The molecule has 2 saturated carbocycles. The summed E-state index contributed by atoms with van der Waals surface area (Å²) in [5.41, 5.74) is -3.20. The van der Waals surface area contributed by atoms with E-state index in [0.29, 0.717) is 6.42 Å². The number of carbonyl (C=O) groups is 1. The van der Waals surface area contributed by atoms with Gasteiger partial charge in [0.25, 0.3) is 0 Å². The molecule has 1 aliphatic heterocycles. The van der Waals surface area contributed by atoms with E-state index in [-0.39, 0.29) is 68.9 Å². The molecular weight excluding hydrogens is 627 g/mol. The van der Waals surface area contributed by atoms with Gasteiger partial charge in [0.2, 0.25) is 0 Å². The fourth-order valence-electron chi connectivity index (χ4n) is 7.74. The van der Waals surface area contributed by atoms with Crippen molar-refractivity contribution in [2.75, 3.05) is 6.61 Å². The number of hydrogen-bond acceptors (Lipinski definition) is 7. The molecule has 3 fully saturated rings. The number of aliphatic hydroxyl groups excluding tert-OH is 2. The third-order valence-electron chi connectivity index (χ3n) is 9.73. The molecule has 0 aromatic heterocycles. The molecule has 8 heteroatoms. The molecule has 10 atom stereocenters. The van der Waals surface area contributed by atoms with Gasteiger partial charge in [0.05, 0.1) is 24.9 Å². The Balaban J connectivity index is 0.00000289. The van der Waals surface area contributed by atoms with Gasteiger partial charge in [0, 0.05) is 80.1 Å². The zero-order valence-corrected chi connectivity index (χ0v) is 25.0. The summed E-state index contributed by atoms with van der Waals surface area (Å²) in [5, 5.41) is 46.9. The summed E-state index contributed by atoms with van der Waals surface area (Å²) in [6, 6.07) is 0. The van der Waals surface area contributed by atoms with Gasteiger partial charge < -0.3 is 29.9 Å². The number of aliphatic hydroxyl groups is 4. The van der Waals surface area contributed by atoms with Crippen molar-refractivity contribution in [1.82, 2.24) is 0 Å². The molecule has 4 rings (SSSR count). The van der Waals surface area contributed by atoms with Gasteiger partial charge in [-0.3, -0.25) is 4.79 Å². The molecule has 0 aromatic carbocycles. The predicted molar refractivity (Wildman–Crippen MR) is 113 cm³/mol. The van der Waals surface area contributed by atoms with Gasteiger partial charge in [-0.2, -0.15) is 0 Å². The Hall–Kier alpha value is 0.452. The molecular formula is C24H38AcO7. The molecule has 1 heterocycles. The molecule has 179 valence electrons. The Kier molecular flexibility index (Phi) is 6.97. The molecule has 7 nitrogen and oxygen atoms in total. The van der Waals surface area contributed by atoms with Crippen LogP contribution in [0.5, 0.6) is 0 Å². The minimum atomic E-state index is -1.64. The number of hydrogen-bond donors (Lipinski definition) is 4. The molecule has 1 unspecified atom stereocenters. The van der Waals surface area contributed by atoms with Crippen molar-refractivity contribution in [2.24, 2.45) is 28.6 Å². The smallest absolute Gasteiger partial charge is 0.303 e. The van der Waals surface area contributed by atoms with Crippen molar-refractivity contribution >= 4 is 5.97 Å². The summed E-state index contributed by atoms with van der Waals surface area (Å²) >= 11 is 0. The van der Waals surface area contributed by atoms with Gasteiger partial charge in [0.15, 0.2) is 0 Å². The van der Waals surface area contributed by atoms with Crippen molar-refractivity contribution < 1.29 is 78.8 Å². The van der Waals surface area contributed by atoms with Gasteiger partial charge in [0.1, 0.15) is 17.3 Å². The number of carbonyl (C=O) groups excluding carboxylic acids is 1. The van der Waals surface area contributed by atoms with E-state index in [1.54, 1.807) is 0 Å². The first-order valence-electron chi connectivity index (χ1n) is 11.4. The van der Waals surface area contributed by atoms with E-state index >= 15 is 0 Å². The second kappa shape index (κ2) is 8.25. The molecule has 4 aliphatic rings. The van der Waals surface area contributed by atoms with Crippen molar-refractivity contribution in [2.45, 2.75) is 96.9 Å². The molecule has 4 N–H and O–H groups in total. The van der Waals surface area contributed by atoms with Crippen LogP contribution in [0.3, 0.4) is 0 Å². The number of fused-ring (bicyclic) bond motifs is 5. The minimum absolute atomic E-state index is 0. The van der Waals surface area contributed by atoms with E-state index in [4.69, 9.17) is 9.47 Å². The standard InChI is InChI=1S/C24H38O7.Ac/c1-11-8-16-23(28,10-30-16)18-20(31-14(4)25)24(29)9-15(26)12(2)17(21(24,5)6)13(3)19(27)22(11,18)7;/h11,13,15-16,18-20,26-29H,8-10H2,1-7H3;/t11-,13+,15-,16+,18?,19+,20-,22+,23-,24+;/m0./s1. The Morgan fingerprint density at radius 1 is 1.16 bits per heavy atom. The summed E-state index contributed by atoms with van der Waals surface area (Å²) in [5.74, 6) is -1.76. The number of ether oxygens (including phenoxy) is 2. The maximum atomic E-state index is 12.3. The zero-order chi connectivity index (χ0) is 23.3. The first-order chi connectivity index (χ1) is 14.1. The van der Waals surface area contributed by atoms with Crippen molar-refractivity contribution in [3.63, 3.8) is 0 Å². The third kappa shape index (κ3) is 3.23. The summed E-state index contributed by atoms with van der Waals surface area (Å²) < 4.78 is 11.6. The average Bonchev–Trinajstić information content (AvgIpc) is 2.66. The van der Waals surface area contributed by atoms with Crippen LogP contribution in [-0.4, -0.2) is 68.6 Å². The van der Waals surface area contributed by atoms with Crippen molar-refractivity contribution in [1.29, 1.82) is 0 Å². The monoisotopic (exact) mass is 665 g/mol. The second-order valence-electron chi connectivity index (χ2n) is 11.4. The van der Waals surface area contributed by atoms with Crippen LogP contribution in [0.4, 0.5) is 0 Å². The van der Waals surface area contributed by atoms with Crippen LogP contribution in [0.2, 0.25) is 0 Å². The first kappa shape index (κ1) is 27.0. The second-order valence-corrected chi connectivity index (χ2v) is 11.4. The Morgan fingerprint density at radius 3 is 2.25 bits per heavy atom. The third-order valence-corrected chi connectivity index (χ3v) is 9.73. The predicted octanol–water partition coefficient (Wildman–Crippen LogP) is 1.56. The van der Waals surface area contributed by atoms with Crippen molar-refractivity contribution in [3.05, 3.63) is 11.1 Å². The fraction of sp³-hybridized carbons (Fsp3) is 0.875. The molecule has 0 spiro atoms. The number of rotatable bonds is 1. The molecule has 0 amide bonds. The van der Waals surface area contributed by atoms with Crippen LogP contribution in [0.15, 0.2) is 11.1 Å². The van der Waals surface area contributed by atoms with Crippen LogP contribution < -0.4 is 0 Å². The Morgan fingerprint density at radius 2 is 1.75 bits per heavy atom. The van der Waals surface area contributed by atoms with Crippen molar-refractivity contribution in [3.8, 4) is 0 Å². The summed E-state index contributed by atoms with van der Waals surface area (Å²) in [7, 11) is 0. The Bertz CT molecular complexity index is 827. The zero-order valence-electron chi connectivity index (χ0n) is 20.3. The first-order valence-corrected chi connectivity index (χ1v) is 11.4. The largest absolute Gasteiger partial charge is 0.459 e. The molecule has 1 radical (unpaired) electrons. The van der Waals surface area contributed by atoms with E-state index in [2.05, 4.69) is 0 Å². The molecule has 2 bridgehead atoms. The van der Waals surface area contributed by atoms with E-state index in [9.17, 15) is 25.2 Å². The van der Waals surface area contributed by atoms with Gasteiger partial charge in [-0.15, -0.1) is 0 Å². The van der Waals surface area contributed by atoms with E-state index < -0.39 is 58.3 Å². The van der Waals surface area contributed by atoms with Gasteiger partial charge in [-0.1, -0.05) is 40.2 Å². The Labute approximate surface area is 226 Å². The van der Waals surface area contributed by atoms with Crippen LogP contribution in [0.25, 0.3) is 0 Å². The maximum absolute atomic E-state index is 12.3. The molecule has 3 aliphatic carbocycles. The number of esters is 1. The topological polar surface area (TPSA) is 116 Å². The minimum Gasteiger partial charge on any atom is -0.459 e. The average molecular weight is 666 g/mol. The van der Waals surface area contributed by atoms with Gasteiger partial charge in [-0.05, 0) is 24.8 Å². The quantitative estimate of drug-likeness (QED) is 0.248. The normalized spacial score (nSPS) is 51.8. The molecule has 1 saturated heterocycles. The SMILES string of the molecule is CC(=O)O[C@H]1C2[C@](C)([C@H](O)[C@H](C)C3=C(C)[C@@H](O)C[C@]1(O)C3(C)C)[C@@H](C)C[C@H]1OC[C@@]21O.[Ac]. The van der Waals surface area contributed by atoms with Gasteiger partial charge in [-0.25, -0.2) is 0 Å². The van der Waals surface area contributed by atoms with Gasteiger partial charge >= 0.3 is 5.97 Å². The van der Waals surface area contributed by atoms with E-state index in [1.807, 2.05) is 41.5 Å². The van der Waals surface area contributed by atoms with E-state index in [1.165, 1.54) is 6.92 Å². The molecule has 32 heavy (non-hydrogen) atoms. The van der Waals surface area contributed by atoms with E-state index in [0.717, 1.165) is 11.1 Å². The van der Waals surface area contributed by atoms with Crippen LogP contribution in [0, 0.1) is 72.6 Å². The van der Waals surface area contributed by atoms with Crippen LogP contribution in [-0.2, 0) is 14.3 Å². The van der Waals surface area contributed by atoms with Crippen LogP contribution >= 0.6 is 0 Å². The van der Waals surface area contributed by atoms with Crippen LogP contribution in [0.1, 0.15) is 61.3 Å². The maximum Gasteiger partial charge on any atom is 0.303 e. The molecule has 0 aromatic rings.